The number of pyridine rings is 1. The maximum absolute atomic E-state index is 5.23. The van der Waals surface area contributed by atoms with Crippen molar-refractivity contribution in [3.05, 3.63) is 53.9 Å². The fraction of sp³-hybridized carbons (Fsp3) is 0.200. The van der Waals surface area contributed by atoms with Gasteiger partial charge in [0.05, 0.1) is 12.8 Å². The van der Waals surface area contributed by atoms with Gasteiger partial charge in [0.25, 0.3) is 0 Å². The maximum atomic E-state index is 5.23. The summed E-state index contributed by atoms with van der Waals surface area (Å²) in [5.74, 6) is 0.913. The highest BCUT2D eigenvalue weighted by Crippen LogP contribution is 2.18. The minimum atomic E-state index is 0.781. The Kier molecular flexibility index (Phi) is 4.50. The van der Waals surface area contributed by atoms with Crippen LogP contribution in [0.2, 0.25) is 0 Å². The normalized spacial score (nSPS) is 10.6. The van der Waals surface area contributed by atoms with Gasteiger partial charge in [-0.15, -0.1) is 0 Å². The molecule has 2 aromatic rings. The van der Waals surface area contributed by atoms with Crippen LogP contribution in [0, 0.1) is 6.92 Å². The molecule has 98 valence electrons. The summed E-state index contributed by atoms with van der Waals surface area (Å²) in [5, 5.41) is 4.18. The molecule has 0 aliphatic rings. The molecule has 0 radical (unpaired) electrons. The van der Waals surface area contributed by atoms with Crippen LogP contribution in [0.5, 0.6) is 5.75 Å². The average molecular weight is 255 g/mol. The summed E-state index contributed by atoms with van der Waals surface area (Å²) < 4.78 is 5.23. The van der Waals surface area contributed by atoms with Gasteiger partial charge in [0.15, 0.2) is 0 Å². The van der Waals surface area contributed by atoms with Gasteiger partial charge in [-0.2, -0.15) is 5.10 Å². The minimum Gasteiger partial charge on any atom is -0.496 e. The highest BCUT2D eigenvalue weighted by atomic mass is 16.5. The molecule has 0 bridgehead atoms. The Bertz CT molecular complexity index is 553. The molecule has 0 fully saturated rings. The zero-order chi connectivity index (χ0) is 13.5. The minimum absolute atomic E-state index is 0.781. The lowest BCUT2D eigenvalue weighted by atomic mass is 10.1. The van der Waals surface area contributed by atoms with Crippen molar-refractivity contribution >= 4 is 11.9 Å². The third-order valence-electron chi connectivity index (χ3n) is 2.75. The molecular formula is C15H17N3O. The summed E-state index contributed by atoms with van der Waals surface area (Å²) in [5.41, 5.74) is 6.23. The number of methoxy groups -OCH3 is 1. The van der Waals surface area contributed by atoms with Crippen molar-refractivity contribution in [3.63, 3.8) is 0 Å². The lowest BCUT2D eigenvalue weighted by Gasteiger charge is -2.05. The maximum Gasteiger partial charge on any atom is 0.121 e. The molecule has 0 aliphatic heterocycles. The van der Waals surface area contributed by atoms with Crippen molar-refractivity contribution in [2.45, 2.75) is 13.3 Å². The smallest absolute Gasteiger partial charge is 0.121 e. The van der Waals surface area contributed by atoms with Crippen molar-refractivity contribution in [3.8, 4) is 5.75 Å². The summed E-state index contributed by atoms with van der Waals surface area (Å²) in [6.45, 7) is 2.04. The third-order valence-corrected chi connectivity index (χ3v) is 2.75. The lowest BCUT2D eigenvalue weighted by Crippen LogP contribution is -1.94. The van der Waals surface area contributed by atoms with E-state index >= 15 is 0 Å². The largest absolute Gasteiger partial charge is 0.496 e. The topological polar surface area (TPSA) is 46.5 Å². The van der Waals surface area contributed by atoms with E-state index in [-0.39, 0.29) is 0 Å². The Morgan fingerprint density at radius 3 is 2.74 bits per heavy atom. The molecule has 2 rings (SSSR count). The lowest BCUT2D eigenvalue weighted by molar-refractivity contribution is 0.411. The van der Waals surface area contributed by atoms with Crippen LogP contribution in [-0.4, -0.2) is 18.3 Å². The Morgan fingerprint density at radius 2 is 2.05 bits per heavy atom. The Balaban J connectivity index is 1.90. The molecule has 0 saturated carbocycles. The molecule has 4 nitrogen and oxygen atoms in total. The number of nitrogens with one attached hydrogen (secondary N) is 1. The molecule has 0 unspecified atom stereocenters. The van der Waals surface area contributed by atoms with E-state index in [4.69, 9.17) is 4.74 Å². The van der Waals surface area contributed by atoms with Crippen LogP contribution in [0.3, 0.4) is 0 Å². The predicted molar refractivity (Wildman–Crippen MR) is 77.8 cm³/mol. The molecule has 1 N–H and O–H groups in total. The summed E-state index contributed by atoms with van der Waals surface area (Å²) in [7, 11) is 1.68. The van der Waals surface area contributed by atoms with Gasteiger partial charge in [-0.25, -0.2) is 0 Å². The summed E-state index contributed by atoms with van der Waals surface area (Å²) in [4.78, 5) is 3.94. The highest BCUT2D eigenvalue weighted by molar-refractivity contribution is 5.63. The molecule has 19 heavy (non-hydrogen) atoms. The summed E-state index contributed by atoms with van der Waals surface area (Å²) >= 11 is 0. The van der Waals surface area contributed by atoms with Gasteiger partial charge in [0, 0.05) is 25.0 Å². The second kappa shape index (κ2) is 6.54. The van der Waals surface area contributed by atoms with Gasteiger partial charge in [0.2, 0.25) is 0 Å². The first kappa shape index (κ1) is 13.1. The van der Waals surface area contributed by atoms with Crippen LogP contribution in [0.15, 0.2) is 47.8 Å². The highest BCUT2D eigenvalue weighted by Gasteiger charge is 1.98. The fourth-order valence-electron chi connectivity index (χ4n) is 1.77. The standard InChI is InChI=1S/C15H17N3O/c1-12-11-13(3-4-15(12)19-2)5-10-17-18-14-6-8-16-9-7-14/h3-4,6-11H,5H2,1-2H3,(H,16,18)/b17-10+. The van der Waals surface area contributed by atoms with Crippen LogP contribution in [0.4, 0.5) is 5.69 Å². The zero-order valence-corrected chi connectivity index (χ0v) is 11.1. The number of benzene rings is 1. The van der Waals surface area contributed by atoms with Gasteiger partial charge in [-0.1, -0.05) is 12.1 Å². The molecule has 0 atom stereocenters. The molecule has 1 aromatic carbocycles. The van der Waals surface area contributed by atoms with E-state index in [0.717, 1.165) is 23.4 Å². The summed E-state index contributed by atoms with van der Waals surface area (Å²) in [6, 6.07) is 9.88. The summed E-state index contributed by atoms with van der Waals surface area (Å²) in [6.07, 6.45) is 6.08. The Hall–Kier alpha value is -2.36. The van der Waals surface area contributed by atoms with E-state index in [1.165, 1.54) is 5.56 Å². The van der Waals surface area contributed by atoms with Gasteiger partial charge in [-0.3, -0.25) is 10.4 Å². The van der Waals surface area contributed by atoms with Crippen LogP contribution in [-0.2, 0) is 6.42 Å². The zero-order valence-electron chi connectivity index (χ0n) is 11.1. The van der Waals surface area contributed by atoms with E-state index in [9.17, 15) is 0 Å². The number of ether oxygens (including phenoxy) is 1. The SMILES string of the molecule is COc1ccc(C/C=N/Nc2ccncc2)cc1C. The average Bonchev–Trinajstić information content (AvgIpc) is 2.45. The third kappa shape index (κ3) is 3.81. The van der Waals surface area contributed by atoms with Crippen LogP contribution < -0.4 is 10.2 Å². The van der Waals surface area contributed by atoms with E-state index in [1.807, 2.05) is 37.4 Å². The first-order valence-electron chi connectivity index (χ1n) is 6.10. The monoisotopic (exact) mass is 255 g/mol. The number of hydrazone groups is 1. The van der Waals surface area contributed by atoms with Crippen molar-refractivity contribution in [2.24, 2.45) is 5.10 Å². The van der Waals surface area contributed by atoms with Gasteiger partial charge in [0.1, 0.15) is 5.75 Å². The second-order valence-corrected chi connectivity index (χ2v) is 4.17. The first-order chi connectivity index (χ1) is 9.29. The molecule has 0 aliphatic carbocycles. The number of nitrogens with zero attached hydrogens (tertiary/aromatic N) is 2. The Morgan fingerprint density at radius 1 is 1.26 bits per heavy atom. The number of hydrogen-bond donors (Lipinski definition) is 1. The molecule has 1 heterocycles. The molecule has 0 saturated heterocycles. The van der Waals surface area contributed by atoms with Crippen molar-refractivity contribution < 1.29 is 4.74 Å². The number of aromatic nitrogens is 1. The predicted octanol–water partition coefficient (Wildman–Crippen LogP) is 3.04. The van der Waals surface area contributed by atoms with Crippen LogP contribution in [0.25, 0.3) is 0 Å². The van der Waals surface area contributed by atoms with Crippen molar-refractivity contribution in [2.75, 3.05) is 12.5 Å². The van der Waals surface area contributed by atoms with Crippen LogP contribution in [0.1, 0.15) is 11.1 Å². The molecule has 0 amide bonds. The molecule has 4 heteroatoms. The van der Waals surface area contributed by atoms with E-state index in [2.05, 4.69) is 21.6 Å². The van der Waals surface area contributed by atoms with Crippen molar-refractivity contribution in [1.29, 1.82) is 0 Å². The Labute approximate surface area is 113 Å². The second-order valence-electron chi connectivity index (χ2n) is 4.17. The number of hydrogen-bond acceptors (Lipinski definition) is 4. The molecular weight excluding hydrogens is 238 g/mol. The van der Waals surface area contributed by atoms with Crippen molar-refractivity contribution in [1.82, 2.24) is 4.98 Å². The molecule has 0 spiro atoms. The van der Waals surface area contributed by atoms with E-state index in [1.54, 1.807) is 19.5 Å². The van der Waals surface area contributed by atoms with Gasteiger partial charge in [-0.05, 0) is 36.2 Å². The number of aryl methyl sites for hydroxylation is 1. The van der Waals surface area contributed by atoms with E-state index in [0.29, 0.717) is 0 Å². The fourth-order valence-corrected chi connectivity index (χ4v) is 1.77. The quantitative estimate of drug-likeness (QED) is 0.660. The molecule has 1 aromatic heterocycles. The number of rotatable bonds is 5. The van der Waals surface area contributed by atoms with Crippen LogP contribution >= 0.6 is 0 Å². The first-order valence-corrected chi connectivity index (χ1v) is 6.10. The number of anilines is 1. The van der Waals surface area contributed by atoms with Gasteiger partial charge >= 0.3 is 0 Å². The van der Waals surface area contributed by atoms with E-state index < -0.39 is 0 Å². The van der Waals surface area contributed by atoms with Gasteiger partial charge < -0.3 is 4.74 Å².